The second-order valence-electron chi connectivity index (χ2n) is 4.63. The van der Waals surface area contributed by atoms with Crippen molar-refractivity contribution in [2.75, 3.05) is 6.61 Å². The maximum atomic E-state index is 11.7. The van der Waals surface area contributed by atoms with Crippen LogP contribution in [0.15, 0.2) is 28.7 Å². The summed E-state index contributed by atoms with van der Waals surface area (Å²) in [5, 5.41) is 11.6. The number of para-hydroxylation sites is 1. The van der Waals surface area contributed by atoms with E-state index in [0.717, 1.165) is 17.3 Å². The summed E-state index contributed by atoms with van der Waals surface area (Å²) in [5.74, 6) is -0.653. The fourth-order valence-corrected chi connectivity index (χ4v) is 2.15. The highest BCUT2D eigenvalue weighted by atomic mass is 79.9. The zero-order valence-electron chi connectivity index (χ0n) is 12.0. The largest absolute Gasteiger partial charge is 0.492 e. The predicted molar refractivity (Wildman–Crippen MR) is 83.3 cm³/mol. The van der Waals surface area contributed by atoms with Crippen molar-refractivity contribution >= 4 is 27.8 Å². The van der Waals surface area contributed by atoms with Gasteiger partial charge in [-0.2, -0.15) is 0 Å². The number of ether oxygens (including phenoxy) is 1. The number of carboxylic acid groups (broad SMARTS) is 1. The Morgan fingerprint density at radius 2 is 2.10 bits per heavy atom. The summed E-state index contributed by atoms with van der Waals surface area (Å²) in [6.07, 6.45) is 2.23. The lowest BCUT2D eigenvalue weighted by molar-refractivity contribution is -0.142. The molecule has 1 atom stereocenters. The van der Waals surface area contributed by atoms with Gasteiger partial charge >= 0.3 is 5.97 Å². The van der Waals surface area contributed by atoms with Crippen LogP contribution in [0.5, 0.6) is 5.75 Å². The number of nitrogens with one attached hydrogen (secondary N) is 1. The lowest BCUT2D eigenvalue weighted by atomic mass is 10.1. The highest BCUT2D eigenvalue weighted by molar-refractivity contribution is 9.10. The van der Waals surface area contributed by atoms with Gasteiger partial charge in [-0.05, 0) is 34.5 Å². The Labute approximate surface area is 132 Å². The Morgan fingerprint density at radius 1 is 1.38 bits per heavy atom. The summed E-state index contributed by atoms with van der Waals surface area (Å²) in [4.78, 5) is 22.8. The van der Waals surface area contributed by atoms with Crippen molar-refractivity contribution in [1.82, 2.24) is 5.32 Å². The van der Waals surface area contributed by atoms with E-state index in [1.54, 1.807) is 6.07 Å². The molecule has 0 aliphatic heterocycles. The van der Waals surface area contributed by atoms with Gasteiger partial charge in [0.2, 0.25) is 5.91 Å². The number of rotatable bonds is 9. The van der Waals surface area contributed by atoms with Crippen LogP contribution in [0.2, 0.25) is 0 Å². The second kappa shape index (κ2) is 9.39. The van der Waals surface area contributed by atoms with Crippen LogP contribution in [0.1, 0.15) is 32.6 Å². The molecule has 0 aromatic heterocycles. The van der Waals surface area contributed by atoms with Gasteiger partial charge in [-0.3, -0.25) is 4.79 Å². The van der Waals surface area contributed by atoms with Gasteiger partial charge in [0, 0.05) is 0 Å². The van der Waals surface area contributed by atoms with Crippen molar-refractivity contribution in [3.05, 3.63) is 28.7 Å². The summed E-state index contributed by atoms with van der Waals surface area (Å²) < 4.78 is 6.29. The number of aliphatic carboxylic acids is 1. The number of halogens is 1. The van der Waals surface area contributed by atoms with Gasteiger partial charge in [-0.25, -0.2) is 4.79 Å². The fourth-order valence-electron chi connectivity index (χ4n) is 1.75. The van der Waals surface area contributed by atoms with Crippen LogP contribution in [0.3, 0.4) is 0 Å². The number of hydrogen-bond acceptors (Lipinski definition) is 3. The number of amides is 1. The molecular weight excluding hydrogens is 338 g/mol. The molecule has 6 heteroatoms. The highest BCUT2D eigenvalue weighted by Crippen LogP contribution is 2.23. The molecule has 116 valence electrons. The Bertz CT molecular complexity index is 478. The average Bonchev–Trinajstić information content (AvgIpc) is 2.45. The van der Waals surface area contributed by atoms with Gasteiger partial charge in [-0.15, -0.1) is 0 Å². The SMILES string of the molecule is CCCCC(NC(=O)CCOc1ccccc1Br)C(=O)O. The van der Waals surface area contributed by atoms with Gasteiger partial charge in [0.05, 0.1) is 17.5 Å². The van der Waals surface area contributed by atoms with Crippen LogP contribution in [0.4, 0.5) is 0 Å². The molecule has 21 heavy (non-hydrogen) atoms. The summed E-state index contributed by atoms with van der Waals surface area (Å²) in [6.45, 7) is 2.18. The summed E-state index contributed by atoms with van der Waals surface area (Å²) in [5.41, 5.74) is 0. The van der Waals surface area contributed by atoms with Crippen molar-refractivity contribution in [3.8, 4) is 5.75 Å². The molecule has 2 N–H and O–H groups in total. The molecule has 0 saturated heterocycles. The van der Waals surface area contributed by atoms with E-state index in [1.165, 1.54) is 0 Å². The van der Waals surface area contributed by atoms with Crippen molar-refractivity contribution in [2.24, 2.45) is 0 Å². The summed E-state index contributed by atoms with van der Waals surface area (Å²) in [6, 6.07) is 6.53. The number of hydrogen-bond donors (Lipinski definition) is 2. The molecule has 1 rings (SSSR count). The van der Waals surface area contributed by atoms with Gasteiger partial charge in [-0.1, -0.05) is 31.9 Å². The average molecular weight is 358 g/mol. The van der Waals surface area contributed by atoms with Gasteiger partial charge in [0.1, 0.15) is 11.8 Å². The molecule has 1 amide bonds. The molecule has 0 saturated carbocycles. The molecule has 0 heterocycles. The van der Waals surface area contributed by atoms with Crippen molar-refractivity contribution in [2.45, 2.75) is 38.6 Å². The minimum atomic E-state index is -0.997. The zero-order valence-corrected chi connectivity index (χ0v) is 13.6. The van der Waals surface area contributed by atoms with Crippen LogP contribution >= 0.6 is 15.9 Å². The molecule has 0 aliphatic rings. The van der Waals surface area contributed by atoms with Crippen LogP contribution in [-0.2, 0) is 9.59 Å². The Balaban J connectivity index is 2.36. The number of carboxylic acids is 1. The molecular formula is C15H20BrNO4. The van der Waals surface area contributed by atoms with Gasteiger partial charge < -0.3 is 15.2 Å². The third-order valence-electron chi connectivity index (χ3n) is 2.90. The fraction of sp³-hybridized carbons (Fsp3) is 0.467. The van der Waals surface area contributed by atoms with E-state index in [1.807, 2.05) is 25.1 Å². The monoisotopic (exact) mass is 357 g/mol. The molecule has 0 fully saturated rings. The van der Waals surface area contributed by atoms with E-state index in [-0.39, 0.29) is 18.9 Å². The molecule has 5 nitrogen and oxygen atoms in total. The second-order valence-corrected chi connectivity index (χ2v) is 5.48. The van der Waals surface area contributed by atoms with E-state index in [0.29, 0.717) is 12.2 Å². The molecule has 1 unspecified atom stereocenters. The Hall–Kier alpha value is -1.56. The zero-order chi connectivity index (χ0) is 15.7. The van der Waals surface area contributed by atoms with Crippen LogP contribution in [0, 0.1) is 0 Å². The molecule has 0 bridgehead atoms. The lowest BCUT2D eigenvalue weighted by Gasteiger charge is -2.14. The maximum absolute atomic E-state index is 11.7. The highest BCUT2D eigenvalue weighted by Gasteiger charge is 2.18. The van der Waals surface area contributed by atoms with E-state index in [2.05, 4.69) is 21.2 Å². The van der Waals surface area contributed by atoms with E-state index in [9.17, 15) is 9.59 Å². The first-order chi connectivity index (χ1) is 10.0. The van der Waals surface area contributed by atoms with Crippen molar-refractivity contribution < 1.29 is 19.4 Å². The van der Waals surface area contributed by atoms with Crippen LogP contribution < -0.4 is 10.1 Å². The smallest absolute Gasteiger partial charge is 0.326 e. The molecule has 1 aromatic carbocycles. The number of carbonyl (C=O) groups is 2. The Morgan fingerprint density at radius 3 is 2.71 bits per heavy atom. The summed E-state index contributed by atoms with van der Waals surface area (Å²) in [7, 11) is 0. The standard InChI is InChI=1S/C15H20BrNO4/c1-2-3-7-12(15(19)20)17-14(18)9-10-21-13-8-5-4-6-11(13)16/h4-6,8,12H,2-3,7,9-10H2,1H3,(H,17,18)(H,19,20). The number of benzene rings is 1. The van der Waals surface area contributed by atoms with Gasteiger partial charge in [0.25, 0.3) is 0 Å². The minimum absolute atomic E-state index is 0.122. The summed E-state index contributed by atoms with van der Waals surface area (Å²) >= 11 is 3.35. The van der Waals surface area contributed by atoms with E-state index in [4.69, 9.17) is 9.84 Å². The molecule has 0 radical (unpaired) electrons. The minimum Gasteiger partial charge on any atom is -0.492 e. The van der Waals surface area contributed by atoms with Gasteiger partial charge in [0.15, 0.2) is 0 Å². The molecule has 0 spiro atoms. The third-order valence-corrected chi connectivity index (χ3v) is 3.56. The predicted octanol–water partition coefficient (Wildman–Crippen LogP) is 2.98. The first-order valence-corrected chi connectivity index (χ1v) is 7.73. The van der Waals surface area contributed by atoms with Crippen LogP contribution in [0.25, 0.3) is 0 Å². The maximum Gasteiger partial charge on any atom is 0.326 e. The normalized spacial score (nSPS) is 11.7. The first kappa shape index (κ1) is 17.5. The number of carbonyl (C=O) groups excluding carboxylic acids is 1. The Kier molecular flexibility index (Phi) is 7.82. The molecule has 0 aliphatic carbocycles. The molecule has 1 aromatic rings. The van der Waals surface area contributed by atoms with E-state index >= 15 is 0 Å². The van der Waals surface area contributed by atoms with E-state index < -0.39 is 12.0 Å². The topological polar surface area (TPSA) is 75.6 Å². The number of unbranched alkanes of at least 4 members (excludes halogenated alkanes) is 1. The van der Waals surface area contributed by atoms with Crippen LogP contribution in [-0.4, -0.2) is 29.6 Å². The van der Waals surface area contributed by atoms with Crippen molar-refractivity contribution in [3.63, 3.8) is 0 Å². The lowest BCUT2D eigenvalue weighted by Crippen LogP contribution is -2.41. The first-order valence-electron chi connectivity index (χ1n) is 6.94. The van der Waals surface area contributed by atoms with Crippen molar-refractivity contribution in [1.29, 1.82) is 0 Å². The quantitative estimate of drug-likeness (QED) is 0.712. The third kappa shape index (κ3) is 6.62.